The Labute approximate surface area is 149 Å². The maximum atomic E-state index is 12.8. The number of likely N-dealkylation sites (tertiary alicyclic amines) is 1. The Kier molecular flexibility index (Phi) is 4.40. The molecular weight excluding hydrogens is 336 g/mol. The number of hydrogen-bond donors (Lipinski definition) is 1. The summed E-state index contributed by atoms with van der Waals surface area (Å²) in [5.74, 6) is 0.682. The number of carbonyl (C=O) groups excluding carboxylic acids is 1. The number of nitrogens with one attached hydrogen (secondary N) is 1. The van der Waals surface area contributed by atoms with Crippen molar-refractivity contribution in [3.63, 3.8) is 0 Å². The highest BCUT2D eigenvalue weighted by Gasteiger charge is 2.28. The number of aromatic amines is 1. The Morgan fingerprint density at radius 1 is 1.40 bits per heavy atom. The van der Waals surface area contributed by atoms with Crippen LogP contribution in [0.25, 0.3) is 5.78 Å². The van der Waals surface area contributed by atoms with Crippen molar-refractivity contribution in [1.82, 2.24) is 19.3 Å². The van der Waals surface area contributed by atoms with E-state index >= 15 is 0 Å². The first-order valence-corrected chi connectivity index (χ1v) is 9.48. The molecule has 0 radical (unpaired) electrons. The zero-order valence-electron chi connectivity index (χ0n) is 13.9. The van der Waals surface area contributed by atoms with Gasteiger partial charge in [0, 0.05) is 42.0 Å². The van der Waals surface area contributed by atoms with Gasteiger partial charge in [-0.25, -0.2) is 4.98 Å². The molecule has 0 aliphatic carbocycles. The van der Waals surface area contributed by atoms with Crippen LogP contribution in [0.3, 0.4) is 0 Å². The maximum absolute atomic E-state index is 12.8. The van der Waals surface area contributed by atoms with Crippen LogP contribution in [-0.4, -0.2) is 31.7 Å². The van der Waals surface area contributed by atoms with Crippen LogP contribution in [-0.2, 0) is 11.2 Å². The minimum absolute atomic E-state index is 0.0704. The predicted octanol–water partition coefficient (Wildman–Crippen LogP) is 2.77. The fourth-order valence-electron chi connectivity index (χ4n) is 3.50. The number of fused-ring (bicyclic) bond motifs is 1. The highest BCUT2D eigenvalue weighted by atomic mass is 32.1. The van der Waals surface area contributed by atoms with Crippen LogP contribution in [0, 0.1) is 0 Å². The minimum Gasteiger partial charge on any atom is -0.334 e. The summed E-state index contributed by atoms with van der Waals surface area (Å²) >= 11 is 1.68. The molecule has 1 saturated heterocycles. The van der Waals surface area contributed by atoms with Crippen LogP contribution in [0.15, 0.2) is 40.8 Å². The van der Waals surface area contributed by atoms with Crippen molar-refractivity contribution in [1.29, 1.82) is 0 Å². The van der Waals surface area contributed by atoms with Crippen molar-refractivity contribution in [2.75, 3.05) is 6.54 Å². The molecule has 130 valence electrons. The smallest absolute Gasteiger partial charge is 0.259 e. The second-order valence-corrected chi connectivity index (χ2v) is 7.39. The molecule has 7 heteroatoms. The molecule has 1 amide bonds. The molecule has 0 saturated carbocycles. The molecule has 4 rings (SSSR count). The molecule has 3 aromatic heterocycles. The fourth-order valence-corrected chi connectivity index (χ4v) is 4.21. The van der Waals surface area contributed by atoms with E-state index in [4.69, 9.17) is 0 Å². The summed E-state index contributed by atoms with van der Waals surface area (Å²) in [7, 11) is 0. The van der Waals surface area contributed by atoms with Gasteiger partial charge in [0.1, 0.15) is 0 Å². The number of carbonyl (C=O) groups is 1. The van der Waals surface area contributed by atoms with Crippen LogP contribution in [0.4, 0.5) is 0 Å². The Morgan fingerprint density at radius 3 is 3.16 bits per heavy atom. The van der Waals surface area contributed by atoms with Crippen LogP contribution in [0.5, 0.6) is 0 Å². The number of hydrogen-bond acceptors (Lipinski definition) is 4. The molecule has 1 N–H and O–H groups in total. The molecule has 0 unspecified atom stereocenters. The summed E-state index contributed by atoms with van der Waals surface area (Å²) in [5, 5.41) is 2.04. The van der Waals surface area contributed by atoms with E-state index in [2.05, 4.69) is 16.0 Å². The second kappa shape index (κ2) is 6.84. The van der Waals surface area contributed by atoms with E-state index in [0.717, 1.165) is 37.9 Å². The van der Waals surface area contributed by atoms with Crippen molar-refractivity contribution in [3.8, 4) is 0 Å². The van der Waals surface area contributed by atoms with Crippen molar-refractivity contribution in [3.05, 3.63) is 56.9 Å². The molecule has 6 nitrogen and oxygen atoms in total. The molecule has 1 aliphatic rings. The van der Waals surface area contributed by atoms with E-state index < -0.39 is 0 Å². The first kappa shape index (κ1) is 16.1. The number of thiophene rings is 1. The molecular formula is C18H20N4O2S. The van der Waals surface area contributed by atoms with Crippen molar-refractivity contribution < 1.29 is 4.79 Å². The van der Waals surface area contributed by atoms with Gasteiger partial charge < -0.3 is 9.88 Å². The van der Waals surface area contributed by atoms with E-state index in [9.17, 15) is 9.59 Å². The highest BCUT2D eigenvalue weighted by Crippen LogP contribution is 2.30. The second-order valence-electron chi connectivity index (χ2n) is 6.36. The summed E-state index contributed by atoms with van der Waals surface area (Å²) in [4.78, 5) is 35.6. The van der Waals surface area contributed by atoms with Gasteiger partial charge in [0.2, 0.25) is 11.7 Å². The van der Waals surface area contributed by atoms with E-state index in [0.29, 0.717) is 12.2 Å². The lowest BCUT2D eigenvalue weighted by Gasteiger charge is -2.35. The van der Waals surface area contributed by atoms with Crippen molar-refractivity contribution in [2.24, 2.45) is 0 Å². The lowest BCUT2D eigenvalue weighted by atomic mass is 9.98. The number of imidazole rings is 1. The molecule has 0 spiro atoms. The fraction of sp³-hybridized carbons (Fsp3) is 0.389. The first-order valence-electron chi connectivity index (χ1n) is 8.60. The Hall–Kier alpha value is -2.41. The summed E-state index contributed by atoms with van der Waals surface area (Å²) in [5.41, 5.74) is 0.672. The minimum atomic E-state index is -0.113. The van der Waals surface area contributed by atoms with E-state index in [1.165, 1.54) is 9.28 Å². The number of H-pyrrole nitrogens is 1. The van der Waals surface area contributed by atoms with Gasteiger partial charge in [-0.05, 0) is 37.1 Å². The van der Waals surface area contributed by atoms with Crippen molar-refractivity contribution in [2.45, 2.75) is 38.1 Å². The Bertz CT molecular complexity index is 928. The number of piperidine rings is 1. The number of aromatic nitrogens is 3. The zero-order chi connectivity index (χ0) is 17.2. The van der Waals surface area contributed by atoms with Gasteiger partial charge in [0.25, 0.3) is 5.56 Å². The van der Waals surface area contributed by atoms with Gasteiger partial charge in [0.05, 0.1) is 6.04 Å². The predicted molar refractivity (Wildman–Crippen MR) is 96.8 cm³/mol. The normalized spacial score (nSPS) is 17.9. The van der Waals surface area contributed by atoms with Gasteiger partial charge in [-0.3, -0.25) is 14.0 Å². The largest absolute Gasteiger partial charge is 0.334 e. The summed E-state index contributed by atoms with van der Waals surface area (Å²) in [6, 6.07) is 5.61. The van der Waals surface area contributed by atoms with Gasteiger partial charge in [-0.15, -0.1) is 11.3 Å². The zero-order valence-corrected chi connectivity index (χ0v) is 14.7. The average molecular weight is 356 g/mol. The van der Waals surface area contributed by atoms with E-state index in [-0.39, 0.29) is 17.5 Å². The molecule has 0 aromatic carbocycles. The standard InChI is InChI=1S/C18H20N4O2S/c23-16(7-6-13-4-3-11-25-13)21-9-2-1-5-15(21)14-12-17(24)22-10-8-19-18(22)20-14/h3-4,8,10-12,15H,1-2,5-7,9H2,(H,19,20)/t15-/m1/s1. The third kappa shape index (κ3) is 3.24. The van der Waals surface area contributed by atoms with Gasteiger partial charge >= 0.3 is 0 Å². The van der Waals surface area contributed by atoms with Crippen LogP contribution in [0.2, 0.25) is 0 Å². The van der Waals surface area contributed by atoms with Crippen LogP contribution in [0.1, 0.15) is 42.3 Å². The monoisotopic (exact) mass is 356 g/mol. The lowest BCUT2D eigenvalue weighted by molar-refractivity contribution is -0.135. The SMILES string of the molecule is O=C(CCc1cccs1)N1CCCC[C@@H]1c1cc(=O)n2ccnc2[nH]1. The van der Waals surface area contributed by atoms with Gasteiger partial charge in [-0.2, -0.15) is 0 Å². The molecule has 4 heterocycles. The van der Waals surface area contributed by atoms with Crippen molar-refractivity contribution >= 4 is 23.0 Å². The molecule has 25 heavy (non-hydrogen) atoms. The van der Waals surface area contributed by atoms with Gasteiger partial charge in [0.15, 0.2) is 0 Å². The third-order valence-corrected chi connectivity index (χ3v) is 5.70. The van der Waals surface area contributed by atoms with Crippen LogP contribution >= 0.6 is 11.3 Å². The first-order chi connectivity index (χ1) is 12.2. The third-order valence-electron chi connectivity index (χ3n) is 4.76. The molecule has 1 atom stereocenters. The van der Waals surface area contributed by atoms with E-state index in [1.807, 2.05) is 16.3 Å². The Morgan fingerprint density at radius 2 is 2.32 bits per heavy atom. The van der Waals surface area contributed by atoms with E-state index in [1.54, 1.807) is 29.8 Å². The summed E-state index contributed by atoms with van der Waals surface area (Å²) in [6.07, 6.45) is 7.46. The topological polar surface area (TPSA) is 70.5 Å². The summed E-state index contributed by atoms with van der Waals surface area (Å²) in [6.45, 7) is 0.746. The molecule has 1 fully saturated rings. The number of rotatable bonds is 4. The number of amides is 1. The maximum Gasteiger partial charge on any atom is 0.259 e. The highest BCUT2D eigenvalue weighted by molar-refractivity contribution is 7.09. The van der Waals surface area contributed by atoms with Crippen LogP contribution < -0.4 is 5.56 Å². The quantitative estimate of drug-likeness (QED) is 0.781. The number of nitrogens with zero attached hydrogens (tertiary/aromatic N) is 3. The van der Waals surface area contributed by atoms with Gasteiger partial charge in [-0.1, -0.05) is 6.07 Å². The number of aryl methyl sites for hydroxylation is 1. The lowest BCUT2D eigenvalue weighted by Crippen LogP contribution is -2.39. The Balaban J connectivity index is 1.57. The molecule has 3 aromatic rings. The molecule has 0 bridgehead atoms. The summed E-state index contributed by atoms with van der Waals surface area (Å²) < 4.78 is 1.48. The molecule has 1 aliphatic heterocycles. The average Bonchev–Trinajstić information content (AvgIpc) is 3.31.